The average molecular weight is 230 g/mol. The van der Waals surface area contributed by atoms with Gasteiger partial charge in [-0.25, -0.2) is 0 Å². The highest BCUT2D eigenvalue weighted by Crippen LogP contribution is 2.22. The standard InChI is InChI=1S/C14H14O3/c1-9(15)14(16)12-4-3-11-8-13(17-2)6-5-10(11)7-12/h3-9,15H,1-2H3. The summed E-state index contributed by atoms with van der Waals surface area (Å²) >= 11 is 0. The molecule has 0 heterocycles. The molecule has 0 saturated carbocycles. The summed E-state index contributed by atoms with van der Waals surface area (Å²) in [6.45, 7) is 1.47. The van der Waals surface area contributed by atoms with Crippen molar-refractivity contribution in [1.29, 1.82) is 0 Å². The third-order valence-electron chi connectivity index (χ3n) is 2.71. The fourth-order valence-electron chi connectivity index (χ4n) is 1.75. The molecule has 1 N–H and O–H groups in total. The summed E-state index contributed by atoms with van der Waals surface area (Å²) in [6.07, 6.45) is -0.967. The molecule has 88 valence electrons. The Kier molecular flexibility index (Phi) is 3.11. The van der Waals surface area contributed by atoms with Crippen LogP contribution in [0.25, 0.3) is 10.8 Å². The second kappa shape index (κ2) is 4.55. The molecule has 0 radical (unpaired) electrons. The lowest BCUT2D eigenvalue weighted by atomic mass is 10.0. The minimum atomic E-state index is -0.967. The molecule has 0 bridgehead atoms. The summed E-state index contributed by atoms with van der Waals surface area (Å²) < 4.78 is 5.13. The number of aliphatic hydroxyl groups is 1. The minimum Gasteiger partial charge on any atom is -0.497 e. The van der Waals surface area contributed by atoms with Crippen molar-refractivity contribution in [2.45, 2.75) is 13.0 Å². The smallest absolute Gasteiger partial charge is 0.190 e. The number of carbonyl (C=O) groups is 1. The summed E-state index contributed by atoms with van der Waals surface area (Å²) in [5.74, 6) is 0.523. The first kappa shape index (κ1) is 11.6. The molecule has 2 aromatic carbocycles. The van der Waals surface area contributed by atoms with Crippen LogP contribution in [0.4, 0.5) is 0 Å². The van der Waals surface area contributed by atoms with E-state index in [1.165, 1.54) is 6.92 Å². The molecule has 2 rings (SSSR count). The molecule has 0 amide bonds. The van der Waals surface area contributed by atoms with E-state index in [4.69, 9.17) is 4.74 Å². The second-order valence-electron chi connectivity index (χ2n) is 3.97. The molecule has 1 unspecified atom stereocenters. The Balaban J connectivity index is 2.48. The van der Waals surface area contributed by atoms with Crippen molar-refractivity contribution in [3.63, 3.8) is 0 Å². The number of hydrogen-bond donors (Lipinski definition) is 1. The van der Waals surface area contributed by atoms with Crippen LogP contribution in [0.5, 0.6) is 5.75 Å². The molecule has 0 spiro atoms. The number of benzene rings is 2. The molecular formula is C14H14O3. The van der Waals surface area contributed by atoms with Crippen LogP contribution in [0.15, 0.2) is 36.4 Å². The largest absolute Gasteiger partial charge is 0.497 e. The van der Waals surface area contributed by atoms with Gasteiger partial charge in [-0.15, -0.1) is 0 Å². The number of hydrogen-bond acceptors (Lipinski definition) is 3. The van der Waals surface area contributed by atoms with Crippen molar-refractivity contribution in [3.8, 4) is 5.75 Å². The van der Waals surface area contributed by atoms with Gasteiger partial charge < -0.3 is 9.84 Å². The van der Waals surface area contributed by atoms with Gasteiger partial charge in [0.25, 0.3) is 0 Å². The van der Waals surface area contributed by atoms with Crippen LogP contribution < -0.4 is 4.74 Å². The van der Waals surface area contributed by atoms with Crippen molar-refractivity contribution in [3.05, 3.63) is 42.0 Å². The van der Waals surface area contributed by atoms with Gasteiger partial charge in [0.05, 0.1) is 7.11 Å². The fourth-order valence-corrected chi connectivity index (χ4v) is 1.75. The van der Waals surface area contributed by atoms with Crippen LogP contribution in [0.3, 0.4) is 0 Å². The van der Waals surface area contributed by atoms with Crippen LogP contribution in [0, 0.1) is 0 Å². The molecule has 2 aromatic rings. The highest BCUT2D eigenvalue weighted by atomic mass is 16.5. The van der Waals surface area contributed by atoms with E-state index in [1.807, 2.05) is 24.3 Å². The second-order valence-corrected chi connectivity index (χ2v) is 3.97. The number of rotatable bonds is 3. The molecule has 0 aliphatic rings. The van der Waals surface area contributed by atoms with E-state index in [-0.39, 0.29) is 5.78 Å². The molecule has 0 fully saturated rings. The number of methoxy groups -OCH3 is 1. The minimum absolute atomic E-state index is 0.261. The van der Waals surface area contributed by atoms with Gasteiger partial charge in [0.15, 0.2) is 5.78 Å². The van der Waals surface area contributed by atoms with Crippen molar-refractivity contribution in [2.75, 3.05) is 7.11 Å². The Morgan fingerprint density at radius 3 is 2.47 bits per heavy atom. The number of ketones is 1. The van der Waals surface area contributed by atoms with Crippen molar-refractivity contribution in [2.24, 2.45) is 0 Å². The third kappa shape index (κ3) is 2.29. The molecule has 0 aliphatic heterocycles. The maximum absolute atomic E-state index is 11.6. The zero-order chi connectivity index (χ0) is 12.4. The lowest BCUT2D eigenvalue weighted by Gasteiger charge is -2.06. The highest BCUT2D eigenvalue weighted by Gasteiger charge is 2.12. The first-order valence-electron chi connectivity index (χ1n) is 5.42. The maximum atomic E-state index is 11.6. The molecule has 3 heteroatoms. The SMILES string of the molecule is COc1ccc2cc(C(=O)C(C)O)ccc2c1. The predicted octanol–water partition coefficient (Wildman–Crippen LogP) is 2.41. The highest BCUT2D eigenvalue weighted by molar-refractivity contribution is 6.02. The van der Waals surface area contributed by atoms with Gasteiger partial charge in [-0.3, -0.25) is 4.79 Å². The van der Waals surface area contributed by atoms with E-state index in [1.54, 1.807) is 19.2 Å². The molecule has 3 nitrogen and oxygen atoms in total. The summed E-state index contributed by atoms with van der Waals surface area (Å²) in [5.41, 5.74) is 0.526. The summed E-state index contributed by atoms with van der Waals surface area (Å²) in [6, 6.07) is 11.0. The van der Waals surface area contributed by atoms with E-state index in [9.17, 15) is 9.90 Å². The number of carbonyl (C=O) groups excluding carboxylic acids is 1. The monoisotopic (exact) mass is 230 g/mol. The molecule has 0 aliphatic carbocycles. The maximum Gasteiger partial charge on any atom is 0.190 e. The topological polar surface area (TPSA) is 46.5 Å². The summed E-state index contributed by atoms with van der Waals surface area (Å²) in [7, 11) is 1.62. The first-order chi connectivity index (χ1) is 8.11. The van der Waals surface area contributed by atoms with Crippen molar-refractivity contribution >= 4 is 16.6 Å². The Labute approximate surface area is 99.6 Å². The lowest BCUT2D eigenvalue weighted by molar-refractivity contribution is 0.0779. The van der Waals surface area contributed by atoms with Crippen LogP contribution >= 0.6 is 0 Å². The van der Waals surface area contributed by atoms with Crippen LogP contribution in [-0.4, -0.2) is 24.1 Å². The van der Waals surface area contributed by atoms with Gasteiger partial charge in [0.1, 0.15) is 11.9 Å². The Morgan fingerprint density at radius 1 is 1.18 bits per heavy atom. The van der Waals surface area contributed by atoms with Crippen LogP contribution in [0.1, 0.15) is 17.3 Å². The van der Waals surface area contributed by atoms with Gasteiger partial charge in [0.2, 0.25) is 0 Å². The lowest BCUT2D eigenvalue weighted by Crippen LogP contribution is -2.15. The molecule has 0 saturated heterocycles. The zero-order valence-corrected chi connectivity index (χ0v) is 9.81. The number of aliphatic hydroxyl groups excluding tert-OH is 1. The van der Waals surface area contributed by atoms with Crippen LogP contribution in [0.2, 0.25) is 0 Å². The van der Waals surface area contributed by atoms with Gasteiger partial charge >= 0.3 is 0 Å². The van der Waals surface area contributed by atoms with Gasteiger partial charge in [0, 0.05) is 5.56 Å². The van der Waals surface area contributed by atoms with E-state index in [0.717, 1.165) is 16.5 Å². The summed E-state index contributed by atoms with van der Waals surface area (Å²) in [4.78, 5) is 11.6. The fraction of sp³-hybridized carbons (Fsp3) is 0.214. The normalized spacial score (nSPS) is 12.4. The summed E-state index contributed by atoms with van der Waals surface area (Å²) in [5, 5.41) is 11.2. The van der Waals surface area contributed by atoms with Crippen molar-refractivity contribution in [1.82, 2.24) is 0 Å². The number of ether oxygens (including phenoxy) is 1. The third-order valence-corrected chi connectivity index (χ3v) is 2.71. The Hall–Kier alpha value is -1.87. The van der Waals surface area contributed by atoms with E-state index < -0.39 is 6.10 Å². The van der Waals surface area contributed by atoms with Gasteiger partial charge in [-0.05, 0) is 35.9 Å². The molecule has 17 heavy (non-hydrogen) atoms. The molecular weight excluding hydrogens is 216 g/mol. The number of Topliss-reactive ketones (excluding diaryl/α,β-unsaturated/α-hetero) is 1. The van der Waals surface area contributed by atoms with E-state index >= 15 is 0 Å². The van der Waals surface area contributed by atoms with Crippen LogP contribution in [-0.2, 0) is 0 Å². The quantitative estimate of drug-likeness (QED) is 0.824. The number of fused-ring (bicyclic) bond motifs is 1. The molecule has 0 aromatic heterocycles. The Bertz CT molecular complexity index is 558. The zero-order valence-electron chi connectivity index (χ0n) is 9.81. The first-order valence-corrected chi connectivity index (χ1v) is 5.42. The molecule has 1 atom stereocenters. The Morgan fingerprint density at radius 2 is 1.82 bits per heavy atom. The van der Waals surface area contributed by atoms with E-state index in [2.05, 4.69) is 0 Å². The predicted molar refractivity (Wildman–Crippen MR) is 66.5 cm³/mol. The van der Waals surface area contributed by atoms with Gasteiger partial charge in [-0.2, -0.15) is 0 Å². The van der Waals surface area contributed by atoms with Gasteiger partial charge in [-0.1, -0.05) is 18.2 Å². The average Bonchev–Trinajstić information content (AvgIpc) is 2.36. The van der Waals surface area contributed by atoms with Crippen molar-refractivity contribution < 1.29 is 14.6 Å². The van der Waals surface area contributed by atoms with E-state index in [0.29, 0.717) is 5.56 Å².